The molecule has 3 aromatic carbocycles. The van der Waals surface area contributed by atoms with Crippen LogP contribution in [0, 0.1) is 0 Å². The van der Waals surface area contributed by atoms with E-state index in [1.54, 1.807) is 0 Å². The van der Waals surface area contributed by atoms with Gasteiger partial charge < -0.3 is 10.4 Å². The van der Waals surface area contributed by atoms with Gasteiger partial charge in [-0.1, -0.05) is 48.5 Å². The molecule has 0 spiro atoms. The van der Waals surface area contributed by atoms with Gasteiger partial charge in [0.25, 0.3) is 0 Å². The standard InChI is InChI=1S/C21H16N2O2.ClH/c24-20(25)13-14-6-5-7-15(12-14)22-21-16-8-1-3-10-18(16)23-19-11-4-2-9-17(19)21;/h1-12H,13H2,(H,22,23)(H,24,25);1H. The van der Waals surface area contributed by atoms with Crippen LogP contribution in [-0.4, -0.2) is 16.1 Å². The highest BCUT2D eigenvalue weighted by molar-refractivity contribution is 6.08. The van der Waals surface area contributed by atoms with Gasteiger partial charge >= 0.3 is 5.97 Å². The van der Waals surface area contributed by atoms with E-state index in [4.69, 9.17) is 10.1 Å². The normalized spacial score (nSPS) is 10.5. The fraction of sp³-hybridized carbons (Fsp3) is 0.0476. The minimum Gasteiger partial charge on any atom is -0.481 e. The zero-order chi connectivity index (χ0) is 17.2. The molecule has 0 aliphatic rings. The summed E-state index contributed by atoms with van der Waals surface area (Å²) >= 11 is 0. The minimum atomic E-state index is -0.836. The van der Waals surface area contributed by atoms with Gasteiger partial charge in [0.05, 0.1) is 23.1 Å². The molecule has 4 aromatic rings. The zero-order valence-electron chi connectivity index (χ0n) is 13.8. The van der Waals surface area contributed by atoms with Gasteiger partial charge in [-0.25, -0.2) is 4.98 Å². The maximum Gasteiger partial charge on any atom is 0.307 e. The number of carboxylic acids is 1. The number of fused-ring (bicyclic) bond motifs is 2. The lowest BCUT2D eigenvalue weighted by Crippen LogP contribution is -2.01. The topological polar surface area (TPSA) is 62.2 Å². The SMILES string of the molecule is Cl.O=C(O)Cc1cccc(Nc2c3ccccc3nc3ccccc23)c1. The van der Waals surface area contributed by atoms with Gasteiger partial charge in [0.15, 0.2) is 0 Å². The first-order valence-electron chi connectivity index (χ1n) is 8.06. The van der Waals surface area contributed by atoms with Crippen molar-refractivity contribution in [3.8, 4) is 0 Å². The molecule has 0 radical (unpaired) electrons. The molecular weight excluding hydrogens is 348 g/mol. The summed E-state index contributed by atoms with van der Waals surface area (Å²) in [4.78, 5) is 15.7. The number of hydrogen-bond acceptors (Lipinski definition) is 3. The number of halogens is 1. The number of benzene rings is 3. The van der Waals surface area contributed by atoms with E-state index in [-0.39, 0.29) is 18.8 Å². The number of hydrogen-bond donors (Lipinski definition) is 2. The summed E-state index contributed by atoms with van der Waals surface area (Å²) in [5, 5.41) is 14.5. The highest BCUT2D eigenvalue weighted by Gasteiger charge is 2.09. The molecule has 0 saturated heterocycles. The maximum absolute atomic E-state index is 11.0. The Kier molecular flexibility index (Phi) is 5.05. The Bertz CT molecular complexity index is 1040. The molecule has 5 heteroatoms. The largest absolute Gasteiger partial charge is 0.481 e. The molecule has 2 N–H and O–H groups in total. The van der Waals surface area contributed by atoms with Crippen molar-refractivity contribution in [2.45, 2.75) is 6.42 Å². The summed E-state index contributed by atoms with van der Waals surface area (Å²) in [7, 11) is 0. The van der Waals surface area contributed by atoms with Crippen LogP contribution in [0.3, 0.4) is 0 Å². The van der Waals surface area contributed by atoms with Crippen LogP contribution in [0.5, 0.6) is 0 Å². The van der Waals surface area contributed by atoms with Gasteiger partial charge in [0.2, 0.25) is 0 Å². The van der Waals surface area contributed by atoms with E-state index in [2.05, 4.69) is 5.32 Å². The second kappa shape index (κ2) is 7.42. The van der Waals surface area contributed by atoms with E-state index >= 15 is 0 Å². The van der Waals surface area contributed by atoms with Crippen molar-refractivity contribution in [1.82, 2.24) is 4.98 Å². The summed E-state index contributed by atoms with van der Waals surface area (Å²) in [6.45, 7) is 0. The van der Waals surface area contributed by atoms with Crippen LogP contribution < -0.4 is 5.32 Å². The Morgan fingerprint density at radius 1 is 0.885 bits per heavy atom. The molecule has 0 unspecified atom stereocenters. The molecule has 0 saturated carbocycles. The van der Waals surface area contributed by atoms with Crippen LogP contribution in [-0.2, 0) is 11.2 Å². The van der Waals surface area contributed by atoms with Crippen LogP contribution in [0.4, 0.5) is 11.4 Å². The lowest BCUT2D eigenvalue weighted by molar-refractivity contribution is -0.136. The predicted octanol–water partition coefficient (Wildman–Crippen LogP) is 5.18. The Balaban J connectivity index is 0.00000196. The van der Waals surface area contributed by atoms with Crippen molar-refractivity contribution < 1.29 is 9.90 Å². The van der Waals surface area contributed by atoms with Crippen LogP contribution in [0.25, 0.3) is 21.8 Å². The van der Waals surface area contributed by atoms with Crippen molar-refractivity contribution in [2.75, 3.05) is 5.32 Å². The third-order valence-corrected chi connectivity index (χ3v) is 4.14. The molecule has 0 atom stereocenters. The van der Waals surface area contributed by atoms with E-state index in [0.29, 0.717) is 0 Å². The van der Waals surface area contributed by atoms with Crippen LogP contribution >= 0.6 is 12.4 Å². The number of aliphatic carboxylic acids is 1. The van der Waals surface area contributed by atoms with Crippen molar-refractivity contribution >= 4 is 51.6 Å². The lowest BCUT2D eigenvalue weighted by Gasteiger charge is -2.14. The number of anilines is 2. The highest BCUT2D eigenvalue weighted by Crippen LogP contribution is 2.33. The molecule has 4 nitrogen and oxygen atoms in total. The zero-order valence-corrected chi connectivity index (χ0v) is 14.7. The number of nitrogens with zero attached hydrogens (tertiary/aromatic N) is 1. The van der Waals surface area contributed by atoms with Crippen LogP contribution in [0.15, 0.2) is 72.8 Å². The van der Waals surface area contributed by atoms with E-state index in [1.165, 1.54) is 0 Å². The summed E-state index contributed by atoms with van der Waals surface area (Å²) in [5.41, 5.74) is 4.45. The van der Waals surface area contributed by atoms with Crippen molar-refractivity contribution in [2.24, 2.45) is 0 Å². The van der Waals surface area contributed by atoms with Crippen LogP contribution in [0.1, 0.15) is 5.56 Å². The first-order chi connectivity index (χ1) is 12.2. The number of carboxylic acid groups (broad SMARTS) is 1. The second-order valence-electron chi connectivity index (χ2n) is 5.92. The van der Waals surface area contributed by atoms with Crippen LogP contribution in [0.2, 0.25) is 0 Å². The Hall–Kier alpha value is -3.11. The summed E-state index contributed by atoms with van der Waals surface area (Å²) in [6, 6.07) is 23.5. The molecule has 0 amide bonds. The lowest BCUT2D eigenvalue weighted by atomic mass is 10.1. The summed E-state index contributed by atoms with van der Waals surface area (Å²) in [6.07, 6.45) is 0.00730. The molecule has 130 valence electrons. The van der Waals surface area contributed by atoms with Crippen molar-refractivity contribution in [3.63, 3.8) is 0 Å². The van der Waals surface area contributed by atoms with E-state index in [9.17, 15) is 4.79 Å². The highest BCUT2D eigenvalue weighted by atomic mass is 35.5. The molecule has 26 heavy (non-hydrogen) atoms. The maximum atomic E-state index is 11.0. The quantitative estimate of drug-likeness (QED) is 0.490. The van der Waals surface area contributed by atoms with E-state index in [0.717, 1.165) is 38.7 Å². The number of pyridine rings is 1. The monoisotopic (exact) mass is 364 g/mol. The van der Waals surface area contributed by atoms with E-state index in [1.807, 2.05) is 72.8 Å². The van der Waals surface area contributed by atoms with Crippen molar-refractivity contribution in [3.05, 3.63) is 78.4 Å². The number of para-hydroxylation sites is 2. The smallest absolute Gasteiger partial charge is 0.307 e. The van der Waals surface area contributed by atoms with E-state index < -0.39 is 5.97 Å². The molecule has 1 aromatic heterocycles. The fourth-order valence-corrected chi connectivity index (χ4v) is 3.05. The second-order valence-corrected chi connectivity index (χ2v) is 5.92. The average molecular weight is 365 g/mol. The van der Waals surface area contributed by atoms with Gasteiger partial charge in [0.1, 0.15) is 0 Å². The molecule has 0 fully saturated rings. The molecule has 4 rings (SSSR count). The molecule has 0 aliphatic carbocycles. The first-order valence-corrected chi connectivity index (χ1v) is 8.06. The molecular formula is C21H17ClN2O2. The van der Waals surface area contributed by atoms with Gasteiger partial charge in [-0.3, -0.25) is 4.79 Å². The number of nitrogens with one attached hydrogen (secondary N) is 1. The predicted molar refractivity (Wildman–Crippen MR) is 108 cm³/mol. The molecule has 0 aliphatic heterocycles. The Morgan fingerprint density at radius 2 is 1.50 bits per heavy atom. The average Bonchev–Trinajstić information content (AvgIpc) is 2.61. The number of carbonyl (C=O) groups is 1. The molecule has 1 heterocycles. The van der Waals surface area contributed by atoms with Gasteiger partial charge in [-0.05, 0) is 29.8 Å². The van der Waals surface area contributed by atoms with Gasteiger partial charge in [-0.15, -0.1) is 12.4 Å². The minimum absolute atomic E-state index is 0. The number of rotatable bonds is 4. The first kappa shape index (κ1) is 17.7. The third kappa shape index (κ3) is 3.46. The Labute approximate surface area is 156 Å². The molecule has 0 bridgehead atoms. The van der Waals surface area contributed by atoms with Gasteiger partial charge in [-0.2, -0.15) is 0 Å². The summed E-state index contributed by atoms with van der Waals surface area (Å²) in [5.74, 6) is -0.836. The fourth-order valence-electron chi connectivity index (χ4n) is 3.05. The Morgan fingerprint density at radius 3 is 2.12 bits per heavy atom. The van der Waals surface area contributed by atoms with Crippen molar-refractivity contribution in [1.29, 1.82) is 0 Å². The third-order valence-electron chi connectivity index (χ3n) is 4.14. The number of aromatic nitrogens is 1. The van der Waals surface area contributed by atoms with Gasteiger partial charge in [0, 0.05) is 16.5 Å². The summed E-state index contributed by atoms with van der Waals surface area (Å²) < 4.78 is 0.